The van der Waals surface area contributed by atoms with Gasteiger partial charge in [0, 0.05) is 12.7 Å². The molecule has 27 heavy (non-hydrogen) atoms. The predicted octanol–water partition coefficient (Wildman–Crippen LogP) is 5.16. The summed E-state index contributed by atoms with van der Waals surface area (Å²) in [5, 5.41) is 12.3. The van der Waals surface area contributed by atoms with Gasteiger partial charge in [0.25, 0.3) is 0 Å². The number of aryl methyl sites for hydroxylation is 1. The zero-order chi connectivity index (χ0) is 19.2. The third-order valence-electron chi connectivity index (χ3n) is 4.49. The highest BCUT2D eigenvalue weighted by atomic mass is 16.5. The highest BCUT2D eigenvalue weighted by Crippen LogP contribution is 2.30. The molecule has 3 aromatic carbocycles. The van der Waals surface area contributed by atoms with Crippen LogP contribution in [0.3, 0.4) is 0 Å². The molecule has 0 saturated carbocycles. The third kappa shape index (κ3) is 4.04. The van der Waals surface area contributed by atoms with Gasteiger partial charge in [0.05, 0.1) is 24.3 Å². The molecule has 3 aromatic rings. The second kappa shape index (κ2) is 8.29. The Hall–Kier alpha value is -3.45. The lowest BCUT2D eigenvalue weighted by Gasteiger charge is -2.16. The topological polar surface area (TPSA) is 54.3 Å². The molecule has 0 aliphatic heterocycles. The lowest BCUT2D eigenvalue weighted by Crippen LogP contribution is -2.04. The monoisotopic (exact) mass is 358 g/mol. The molecule has 0 saturated heterocycles. The van der Waals surface area contributed by atoms with E-state index >= 15 is 0 Å². The SMILES string of the molecule is CNc1cccc(OC)c1COc1ccc(-c2cccc(C#N)c2)cc1C. The molecule has 0 aliphatic rings. The van der Waals surface area contributed by atoms with Gasteiger partial charge >= 0.3 is 0 Å². The van der Waals surface area contributed by atoms with Gasteiger partial charge in [0.1, 0.15) is 18.1 Å². The van der Waals surface area contributed by atoms with E-state index < -0.39 is 0 Å². The van der Waals surface area contributed by atoms with E-state index in [1.165, 1.54) is 0 Å². The number of nitrogens with zero attached hydrogens (tertiary/aromatic N) is 1. The first-order valence-electron chi connectivity index (χ1n) is 8.74. The molecule has 0 amide bonds. The standard InChI is InChI=1S/C23H22N2O2/c1-16-12-19(18-7-4-6-17(13-18)14-24)10-11-22(16)27-15-20-21(25-2)8-5-9-23(20)26-3/h4-13,25H,15H2,1-3H3. The first-order valence-corrected chi connectivity index (χ1v) is 8.74. The second-order valence-corrected chi connectivity index (χ2v) is 6.20. The number of anilines is 1. The van der Waals surface area contributed by atoms with Crippen molar-refractivity contribution in [3.63, 3.8) is 0 Å². The van der Waals surface area contributed by atoms with Crippen LogP contribution in [-0.4, -0.2) is 14.2 Å². The van der Waals surface area contributed by atoms with Crippen molar-refractivity contribution in [2.45, 2.75) is 13.5 Å². The molecule has 0 aromatic heterocycles. The second-order valence-electron chi connectivity index (χ2n) is 6.20. The number of benzene rings is 3. The summed E-state index contributed by atoms with van der Waals surface area (Å²) in [5.74, 6) is 1.62. The van der Waals surface area contributed by atoms with Gasteiger partial charge in [-0.1, -0.05) is 24.3 Å². The summed E-state index contributed by atoms with van der Waals surface area (Å²) in [7, 11) is 3.54. The normalized spacial score (nSPS) is 10.1. The maximum atomic E-state index is 9.09. The van der Waals surface area contributed by atoms with Gasteiger partial charge in [-0.2, -0.15) is 5.26 Å². The molecule has 0 aliphatic carbocycles. The summed E-state index contributed by atoms with van der Waals surface area (Å²) in [5.41, 5.74) is 5.73. The maximum absolute atomic E-state index is 9.09. The maximum Gasteiger partial charge on any atom is 0.127 e. The largest absolute Gasteiger partial charge is 0.496 e. The number of hydrogen-bond acceptors (Lipinski definition) is 4. The zero-order valence-electron chi connectivity index (χ0n) is 15.7. The highest BCUT2D eigenvalue weighted by molar-refractivity contribution is 5.67. The van der Waals surface area contributed by atoms with E-state index in [0.717, 1.165) is 39.4 Å². The van der Waals surface area contributed by atoms with E-state index in [-0.39, 0.29) is 0 Å². The average molecular weight is 358 g/mol. The van der Waals surface area contributed by atoms with Crippen LogP contribution in [0.1, 0.15) is 16.7 Å². The summed E-state index contributed by atoms with van der Waals surface area (Å²) in [4.78, 5) is 0. The number of nitrogens with one attached hydrogen (secondary N) is 1. The van der Waals surface area contributed by atoms with Crippen LogP contribution in [0.15, 0.2) is 60.7 Å². The molecule has 0 bridgehead atoms. The summed E-state index contributed by atoms with van der Waals surface area (Å²) < 4.78 is 11.5. The molecule has 0 fully saturated rings. The van der Waals surface area contributed by atoms with Crippen molar-refractivity contribution < 1.29 is 9.47 Å². The molecular weight excluding hydrogens is 336 g/mol. The molecule has 0 radical (unpaired) electrons. The Bertz CT molecular complexity index is 968. The first-order chi connectivity index (χ1) is 13.2. The smallest absolute Gasteiger partial charge is 0.127 e. The fourth-order valence-electron chi connectivity index (χ4n) is 3.05. The molecule has 1 N–H and O–H groups in total. The summed E-state index contributed by atoms with van der Waals surface area (Å²) in [6, 6.07) is 21.7. The van der Waals surface area contributed by atoms with Crippen LogP contribution in [0.5, 0.6) is 11.5 Å². The number of nitriles is 1. The molecule has 4 nitrogen and oxygen atoms in total. The van der Waals surface area contributed by atoms with Gasteiger partial charge in [-0.3, -0.25) is 0 Å². The van der Waals surface area contributed by atoms with Gasteiger partial charge in [0.15, 0.2) is 0 Å². The Morgan fingerprint density at radius 3 is 2.44 bits per heavy atom. The van der Waals surface area contributed by atoms with Crippen LogP contribution < -0.4 is 14.8 Å². The van der Waals surface area contributed by atoms with Crippen molar-refractivity contribution in [3.8, 4) is 28.7 Å². The minimum Gasteiger partial charge on any atom is -0.496 e. The summed E-state index contributed by atoms with van der Waals surface area (Å²) in [6.07, 6.45) is 0. The van der Waals surface area contributed by atoms with Gasteiger partial charge < -0.3 is 14.8 Å². The molecule has 0 heterocycles. The van der Waals surface area contributed by atoms with E-state index in [2.05, 4.69) is 17.5 Å². The minimum absolute atomic E-state index is 0.407. The Morgan fingerprint density at radius 2 is 1.74 bits per heavy atom. The molecule has 0 spiro atoms. The van der Waals surface area contributed by atoms with Gasteiger partial charge in [0.2, 0.25) is 0 Å². The highest BCUT2D eigenvalue weighted by Gasteiger charge is 2.10. The average Bonchev–Trinajstić information content (AvgIpc) is 2.72. The molecular formula is C23H22N2O2. The van der Waals surface area contributed by atoms with Crippen molar-refractivity contribution in [3.05, 3.63) is 77.4 Å². The summed E-state index contributed by atoms with van der Waals surface area (Å²) in [6.45, 7) is 2.43. The van der Waals surface area contributed by atoms with E-state index in [4.69, 9.17) is 14.7 Å². The number of methoxy groups -OCH3 is 1. The van der Waals surface area contributed by atoms with E-state index in [0.29, 0.717) is 12.2 Å². The number of rotatable bonds is 6. The predicted molar refractivity (Wildman–Crippen MR) is 108 cm³/mol. The van der Waals surface area contributed by atoms with Crippen molar-refractivity contribution in [1.82, 2.24) is 0 Å². The van der Waals surface area contributed by atoms with Crippen LogP contribution >= 0.6 is 0 Å². The molecule has 4 heteroatoms. The van der Waals surface area contributed by atoms with Crippen LogP contribution in [-0.2, 0) is 6.61 Å². The van der Waals surface area contributed by atoms with Crippen molar-refractivity contribution in [1.29, 1.82) is 5.26 Å². The van der Waals surface area contributed by atoms with Crippen LogP contribution in [0.2, 0.25) is 0 Å². The zero-order valence-corrected chi connectivity index (χ0v) is 15.7. The van der Waals surface area contributed by atoms with E-state index in [1.54, 1.807) is 13.2 Å². The van der Waals surface area contributed by atoms with E-state index in [9.17, 15) is 0 Å². The van der Waals surface area contributed by atoms with Crippen LogP contribution in [0.25, 0.3) is 11.1 Å². The molecule has 136 valence electrons. The molecule has 0 atom stereocenters. The fourth-order valence-corrected chi connectivity index (χ4v) is 3.05. The van der Waals surface area contributed by atoms with Crippen molar-refractivity contribution in [2.75, 3.05) is 19.5 Å². The minimum atomic E-state index is 0.407. The number of hydrogen-bond donors (Lipinski definition) is 1. The van der Waals surface area contributed by atoms with Crippen LogP contribution in [0.4, 0.5) is 5.69 Å². The molecule has 3 rings (SSSR count). The number of ether oxygens (including phenoxy) is 2. The van der Waals surface area contributed by atoms with E-state index in [1.807, 2.05) is 62.5 Å². The third-order valence-corrected chi connectivity index (χ3v) is 4.49. The summed E-state index contributed by atoms with van der Waals surface area (Å²) >= 11 is 0. The van der Waals surface area contributed by atoms with Gasteiger partial charge in [-0.25, -0.2) is 0 Å². The lowest BCUT2D eigenvalue weighted by atomic mass is 10.0. The Labute approximate surface area is 160 Å². The van der Waals surface area contributed by atoms with Gasteiger partial charge in [-0.05, 0) is 60.0 Å². The quantitative estimate of drug-likeness (QED) is 0.661. The Morgan fingerprint density at radius 1 is 0.963 bits per heavy atom. The Kier molecular flexibility index (Phi) is 5.63. The van der Waals surface area contributed by atoms with Crippen molar-refractivity contribution >= 4 is 5.69 Å². The van der Waals surface area contributed by atoms with Gasteiger partial charge in [-0.15, -0.1) is 0 Å². The first kappa shape index (κ1) is 18.3. The molecule has 0 unspecified atom stereocenters. The lowest BCUT2D eigenvalue weighted by molar-refractivity contribution is 0.295. The fraction of sp³-hybridized carbons (Fsp3) is 0.174. The Balaban J connectivity index is 1.83. The van der Waals surface area contributed by atoms with Crippen molar-refractivity contribution in [2.24, 2.45) is 0 Å². The van der Waals surface area contributed by atoms with Crippen LogP contribution in [0, 0.1) is 18.3 Å².